The van der Waals surface area contributed by atoms with Gasteiger partial charge in [-0.15, -0.1) is 0 Å². The van der Waals surface area contributed by atoms with E-state index in [4.69, 9.17) is 21.1 Å². The van der Waals surface area contributed by atoms with Crippen LogP contribution < -0.4 is 14.8 Å². The van der Waals surface area contributed by atoms with Crippen LogP contribution in [0, 0.1) is 14.9 Å². The van der Waals surface area contributed by atoms with Crippen molar-refractivity contribution in [2.24, 2.45) is 0 Å². The summed E-state index contributed by atoms with van der Waals surface area (Å²) in [6.45, 7) is 2.62. The average molecular weight is 638 g/mol. The second kappa shape index (κ2) is 12.1. The van der Waals surface area contributed by atoms with E-state index in [0.29, 0.717) is 45.5 Å². The molecular weight excluding hydrogens is 619 g/mol. The summed E-state index contributed by atoms with van der Waals surface area (Å²) < 4.78 is 13.4. The smallest absolute Gasteiger partial charge is 0.266 e. The van der Waals surface area contributed by atoms with Crippen LogP contribution in [-0.2, 0) is 11.4 Å². The van der Waals surface area contributed by atoms with Crippen molar-refractivity contribution in [3.63, 3.8) is 0 Å². The van der Waals surface area contributed by atoms with Crippen molar-refractivity contribution in [2.45, 2.75) is 13.5 Å². The van der Waals surface area contributed by atoms with E-state index in [2.05, 4.69) is 43.8 Å². The Labute approximate surface area is 219 Å². The monoisotopic (exact) mass is 636 g/mol. The number of anilines is 1. The van der Waals surface area contributed by atoms with Gasteiger partial charge in [-0.1, -0.05) is 23.7 Å². The fraction of sp³-hybridized carbons (Fsp3) is 0.120. The summed E-state index contributed by atoms with van der Waals surface area (Å²) >= 11 is 11.6. The molecular formula is C25H19BrClIN2O3. The zero-order valence-corrected chi connectivity index (χ0v) is 22.1. The van der Waals surface area contributed by atoms with Crippen molar-refractivity contribution in [1.29, 1.82) is 5.26 Å². The molecule has 0 aromatic heterocycles. The third-order valence-electron chi connectivity index (χ3n) is 4.41. The summed E-state index contributed by atoms with van der Waals surface area (Å²) in [6, 6.07) is 20.2. The zero-order valence-electron chi connectivity index (χ0n) is 17.6. The quantitative estimate of drug-likeness (QED) is 0.161. The van der Waals surface area contributed by atoms with Crippen molar-refractivity contribution in [3.8, 4) is 17.6 Å². The Hall–Kier alpha value is -2.54. The lowest BCUT2D eigenvalue weighted by Gasteiger charge is -2.15. The molecule has 0 heterocycles. The highest BCUT2D eigenvalue weighted by atomic mass is 127. The number of amides is 1. The Morgan fingerprint density at radius 2 is 1.85 bits per heavy atom. The third-order valence-corrected chi connectivity index (χ3v) is 5.97. The molecule has 0 aliphatic heterocycles. The van der Waals surface area contributed by atoms with Gasteiger partial charge in [-0.2, -0.15) is 5.26 Å². The fourth-order valence-corrected chi connectivity index (χ4v) is 3.92. The Kier molecular flexibility index (Phi) is 9.18. The number of nitrogens with zero attached hydrogens (tertiary/aromatic N) is 1. The minimum absolute atomic E-state index is 0.0299. The first kappa shape index (κ1) is 25.1. The highest BCUT2D eigenvalue weighted by Gasteiger charge is 2.15. The molecule has 0 fully saturated rings. The van der Waals surface area contributed by atoms with Gasteiger partial charge in [0, 0.05) is 14.3 Å². The van der Waals surface area contributed by atoms with E-state index in [1.807, 2.05) is 37.3 Å². The number of nitriles is 1. The predicted molar refractivity (Wildman–Crippen MR) is 142 cm³/mol. The van der Waals surface area contributed by atoms with Gasteiger partial charge in [0.2, 0.25) is 0 Å². The minimum Gasteiger partial charge on any atom is -0.490 e. The number of rotatable bonds is 8. The van der Waals surface area contributed by atoms with Crippen LogP contribution in [0.2, 0.25) is 5.02 Å². The second-order valence-electron chi connectivity index (χ2n) is 6.81. The van der Waals surface area contributed by atoms with E-state index in [9.17, 15) is 10.1 Å². The molecule has 1 N–H and O–H groups in total. The van der Waals surface area contributed by atoms with Crippen LogP contribution in [0.3, 0.4) is 0 Å². The Morgan fingerprint density at radius 3 is 2.48 bits per heavy atom. The van der Waals surface area contributed by atoms with Gasteiger partial charge < -0.3 is 14.8 Å². The largest absolute Gasteiger partial charge is 0.490 e. The van der Waals surface area contributed by atoms with E-state index in [1.54, 1.807) is 36.4 Å². The zero-order chi connectivity index (χ0) is 23.8. The number of ether oxygens (including phenoxy) is 2. The molecule has 8 heteroatoms. The number of nitrogens with one attached hydrogen (secondary N) is 1. The minimum atomic E-state index is -0.490. The van der Waals surface area contributed by atoms with Crippen molar-refractivity contribution >= 4 is 67.8 Å². The summed E-state index contributed by atoms with van der Waals surface area (Å²) in [5, 5.41) is 12.9. The van der Waals surface area contributed by atoms with Crippen LogP contribution in [0.25, 0.3) is 6.08 Å². The molecule has 3 rings (SSSR count). The van der Waals surface area contributed by atoms with E-state index in [-0.39, 0.29) is 5.57 Å². The van der Waals surface area contributed by atoms with E-state index in [1.165, 1.54) is 6.08 Å². The number of hydrogen-bond donors (Lipinski definition) is 1. The van der Waals surface area contributed by atoms with E-state index >= 15 is 0 Å². The van der Waals surface area contributed by atoms with Crippen LogP contribution >= 0.6 is 50.1 Å². The van der Waals surface area contributed by atoms with Crippen molar-refractivity contribution in [1.82, 2.24) is 0 Å². The first-order valence-electron chi connectivity index (χ1n) is 9.92. The highest BCUT2D eigenvalue weighted by Crippen LogP contribution is 2.38. The van der Waals surface area contributed by atoms with Gasteiger partial charge in [0.1, 0.15) is 18.2 Å². The SMILES string of the molecule is CCOc1cc(/C=C(\C#N)C(=O)Nc2ccc(I)cc2)cc(Br)c1OCc1ccc(Cl)cc1. The number of benzene rings is 3. The predicted octanol–water partition coefficient (Wildman–Crippen LogP) is 7.23. The summed E-state index contributed by atoms with van der Waals surface area (Å²) in [7, 11) is 0. The lowest BCUT2D eigenvalue weighted by atomic mass is 10.1. The van der Waals surface area contributed by atoms with Gasteiger partial charge >= 0.3 is 0 Å². The third kappa shape index (κ3) is 7.22. The maximum absolute atomic E-state index is 12.6. The summed E-state index contributed by atoms with van der Waals surface area (Å²) in [5.74, 6) is 0.545. The molecule has 0 bridgehead atoms. The lowest BCUT2D eigenvalue weighted by Crippen LogP contribution is -2.13. The Balaban J connectivity index is 1.83. The number of halogens is 3. The molecule has 168 valence electrons. The number of hydrogen-bond acceptors (Lipinski definition) is 4. The van der Waals surface area contributed by atoms with Crippen molar-refractivity contribution in [2.75, 3.05) is 11.9 Å². The van der Waals surface area contributed by atoms with Crippen molar-refractivity contribution in [3.05, 3.63) is 90.4 Å². The van der Waals surface area contributed by atoms with Crippen LogP contribution in [0.4, 0.5) is 5.69 Å². The molecule has 0 aliphatic rings. The molecule has 33 heavy (non-hydrogen) atoms. The summed E-state index contributed by atoms with van der Waals surface area (Å²) in [4.78, 5) is 12.6. The van der Waals surface area contributed by atoms with Gasteiger partial charge in [-0.25, -0.2) is 0 Å². The second-order valence-corrected chi connectivity index (χ2v) is 9.35. The van der Waals surface area contributed by atoms with Crippen molar-refractivity contribution < 1.29 is 14.3 Å². The molecule has 1 amide bonds. The number of carbonyl (C=O) groups is 1. The van der Waals surface area contributed by atoms with Gasteiger partial charge in [-0.3, -0.25) is 4.79 Å². The Bertz CT molecular complexity index is 1210. The van der Waals surface area contributed by atoms with E-state index in [0.717, 1.165) is 9.13 Å². The molecule has 0 unspecified atom stereocenters. The van der Waals surface area contributed by atoms with Gasteiger partial charge in [-0.05, 0) is 111 Å². The molecule has 0 saturated heterocycles. The van der Waals surface area contributed by atoms with Gasteiger partial charge in [0.05, 0.1) is 11.1 Å². The van der Waals surface area contributed by atoms with E-state index < -0.39 is 5.91 Å². The van der Waals surface area contributed by atoms with Crippen LogP contribution in [-0.4, -0.2) is 12.5 Å². The molecule has 0 aliphatic carbocycles. The average Bonchev–Trinajstić information content (AvgIpc) is 2.79. The maximum Gasteiger partial charge on any atom is 0.266 e. The van der Waals surface area contributed by atoms with Gasteiger partial charge in [0.15, 0.2) is 11.5 Å². The summed E-state index contributed by atoms with van der Waals surface area (Å²) in [5.41, 5.74) is 2.16. The topological polar surface area (TPSA) is 71.3 Å². The number of carbonyl (C=O) groups excluding carboxylic acids is 1. The normalized spacial score (nSPS) is 10.9. The molecule has 3 aromatic carbocycles. The molecule has 0 saturated carbocycles. The standard InChI is InChI=1S/C25H19BrClIN2O3/c1-2-32-23-13-17(11-18(14-29)25(31)30-21-9-7-20(28)8-10-21)12-22(26)24(23)33-15-16-3-5-19(27)6-4-16/h3-13H,2,15H2,1H3,(H,30,31)/b18-11+. The molecule has 0 spiro atoms. The molecule has 0 atom stereocenters. The molecule has 3 aromatic rings. The highest BCUT2D eigenvalue weighted by molar-refractivity contribution is 14.1. The Morgan fingerprint density at radius 1 is 1.15 bits per heavy atom. The van der Waals surface area contributed by atoms with Crippen LogP contribution in [0.15, 0.2) is 70.7 Å². The first-order valence-corrected chi connectivity index (χ1v) is 12.2. The van der Waals surface area contributed by atoms with Crippen LogP contribution in [0.1, 0.15) is 18.1 Å². The van der Waals surface area contributed by atoms with Crippen LogP contribution in [0.5, 0.6) is 11.5 Å². The maximum atomic E-state index is 12.6. The fourth-order valence-electron chi connectivity index (χ4n) is 2.86. The lowest BCUT2D eigenvalue weighted by molar-refractivity contribution is -0.112. The molecule has 0 radical (unpaired) electrons. The molecule has 5 nitrogen and oxygen atoms in total. The first-order chi connectivity index (χ1) is 15.9. The summed E-state index contributed by atoms with van der Waals surface area (Å²) in [6.07, 6.45) is 1.51. The van der Waals surface area contributed by atoms with Gasteiger partial charge in [0.25, 0.3) is 5.91 Å².